The number of ether oxygens (including phenoxy) is 1. The van der Waals surface area contributed by atoms with E-state index in [9.17, 15) is 0 Å². The van der Waals surface area contributed by atoms with E-state index in [1.807, 2.05) is 56.5 Å². The van der Waals surface area contributed by atoms with E-state index in [0.717, 1.165) is 17.0 Å². The number of benzene rings is 1. The normalized spacial score (nSPS) is 13.0. The smallest absolute Gasteiger partial charge is 0.180 e. The summed E-state index contributed by atoms with van der Waals surface area (Å²) in [7, 11) is 0. The molecule has 1 aromatic carbocycles. The maximum absolute atomic E-state index is 5.54. The summed E-state index contributed by atoms with van der Waals surface area (Å²) in [6, 6.07) is 7.88. The fourth-order valence-electron chi connectivity index (χ4n) is 1.26. The first-order valence-corrected chi connectivity index (χ1v) is 7.20. The summed E-state index contributed by atoms with van der Waals surface area (Å²) in [5.74, 6) is 0.877. The number of hydrogen-bond donors (Lipinski definition) is 1. The molecule has 4 nitrogen and oxygen atoms in total. The Kier molecular flexibility index (Phi) is 6.74. The molecule has 1 rings (SSSR count). The van der Waals surface area contributed by atoms with E-state index >= 15 is 0 Å². The lowest BCUT2D eigenvalue weighted by molar-refractivity contribution is 0.340. The van der Waals surface area contributed by atoms with Crippen LogP contribution in [0.5, 0.6) is 5.75 Å². The van der Waals surface area contributed by atoms with Gasteiger partial charge in [0.25, 0.3) is 0 Å². The van der Waals surface area contributed by atoms with Gasteiger partial charge in [0.05, 0.1) is 12.3 Å². The quantitative estimate of drug-likeness (QED) is 0.511. The van der Waals surface area contributed by atoms with Crippen LogP contribution in [0.15, 0.2) is 40.5 Å². The Morgan fingerprint density at radius 3 is 2.58 bits per heavy atom. The molecular weight excluding hydrogens is 258 g/mol. The van der Waals surface area contributed by atoms with Gasteiger partial charge in [-0.05, 0) is 43.9 Å². The number of rotatable bonds is 5. The zero-order chi connectivity index (χ0) is 14.1. The lowest BCUT2D eigenvalue weighted by atomic mass is 10.2. The zero-order valence-electron chi connectivity index (χ0n) is 11.5. The van der Waals surface area contributed by atoms with Crippen molar-refractivity contribution in [3.8, 4) is 5.75 Å². The Morgan fingerprint density at radius 1 is 1.32 bits per heavy atom. The third-order valence-electron chi connectivity index (χ3n) is 2.22. The molecular formula is C14H19N3OS. The first kappa shape index (κ1) is 15.3. The van der Waals surface area contributed by atoms with Crippen LogP contribution in [0, 0.1) is 0 Å². The van der Waals surface area contributed by atoms with Crippen LogP contribution in [0.3, 0.4) is 0 Å². The minimum absolute atomic E-state index is 0.453. The van der Waals surface area contributed by atoms with E-state index < -0.39 is 0 Å². The number of amidine groups is 1. The highest BCUT2D eigenvalue weighted by Crippen LogP contribution is 2.13. The van der Waals surface area contributed by atoms with Crippen LogP contribution >= 0.6 is 11.8 Å². The Morgan fingerprint density at radius 2 is 2.00 bits per heavy atom. The topological polar surface area (TPSA) is 60.0 Å². The minimum Gasteiger partial charge on any atom is -0.494 e. The average Bonchev–Trinajstić information content (AvgIpc) is 2.44. The van der Waals surface area contributed by atoms with Crippen molar-refractivity contribution in [3.63, 3.8) is 0 Å². The van der Waals surface area contributed by atoms with Crippen molar-refractivity contribution in [1.29, 1.82) is 0 Å². The molecule has 0 heterocycles. The highest BCUT2D eigenvalue weighted by Gasteiger charge is 1.92. The highest BCUT2D eigenvalue weighted by atomic mass is 32.2. The SMILES string of the molecule is CCOc1ccc(/C=C/C(C)=N/N=C(/N)SC)cc1. The van der Waals surface area contributed by atoms with Crippen molar-refractivity contribution in [1.82, 2.24) is 0 Å². The number of nitrogens with two attached hydrogens (primary N) is 1. The molecule has 0 amide bonds. The lowest BCUT2D eigenvalue weighted by Crippen LogP contribution is -2.04. The largest absolute Gasteiger partial charge is 0.494 e. The van der Waals surface area contributed by atoms with Gasteiger partial charge >= 0.3 is 0 Å². The molecule has 0 spiro atoms. The van der Waals surface area contributed by atoms with Crippen LogP contribution in [0.1, 0.15) is 19.4 Å². The Balaban J connectivity index is 2.65. The molecule has 1 aromatic rings. The summed E-state index contributed by atoms with van der Waals surface area (Å²) in [5, 5.41) is 8.32. The van der Waals surface area contributed by atoms with Gasteiger partial charge in [-0.15, -0.1) is 5.10 Å². The summed E-state index contributed by atoms with van der Waals surface area (Å²) in [4.78, 5) is 0. The molecule has 0 radical (unpaired) electrons. The van der Waals surface area contributed by atoms with Crippen molar-refractivity contribution in [2.24, 2.45) is 15.9 Å². The van der Waals surface area contributed by atoms with Crippen LogP contribution in [0.2, 0.25) is 0 Å². The van der Waals surface area contributed by atoms with Crippen molar-refractivity contribution in [3.05, 3.63) is 35.9 Å². The molecule has 0 aromatic heterocycles. The van der Waals surface area contributed by atoms with Crippen LogP contribution in [-0.4, -0.2) is 23.7 Å². The van der Waals surface area contributed by atoms with Gasteiger partial charge in [0, 0.05) is 0 Å². The molecule has 0 saturated heterocycles. The third kappa shape index (κ3) is 6.10. The molecule has 0 unspecified atom stereocenters. The predicted octanol–water partition coefficient (Wildman–Crippen LogP) is 3.15. The second-order valence-corrected chi connectivity index (χ2v) is 4.55. The van der Waals surface area contributed by atoms with E-state index in [1.54, 1.807) is 0 Å². The van der Waals surface area contributed by atoms with Crippen LogP contribution in [-0.2, 0) is 0 Å². The molecule has 0 fully saturated rings. The first-order valence-electron chi connectivity index (χ1n) is 5.98. The average molecular weight is 277 g/mol. The van der Waals surface area contributed by atoms with E-state index in [4.69, 9.17) is 10.5 Å². The number of allylic oxidation sites excluding steroid dienone is 1. The summed E-state index contributed by atoms with van der Waals surface area (Å²) in [5.41, 5.74) is 7.42. The van der Waals surface area contributed by atoms with Crippen LogP contribution in [0.4, 0.5) is 0 Å². The predicted molar refractivity (Wildman–Crippen MR) is 84.9 cm³/mol. The molecule has 19 heavy (non-hydrogen) atoms. The molecule has 0 aliphatic carbocycles. The molecule has 102 valence electrons. The number of nitrogens with zero attached hydrogens (tertiary/aromatic N) is 2. The standard InChI is InChI=1S/C14H19N3OS/c1-4-18-13-9-7-12(8-10-13)6-5-11(2)16-17-14(15)19-3/h5-10H,4H2,1-3H3,(H2,15,17)/b6-5+,16-11+. The Hall–Kier alpha value is -1.75. The van der Waals surface area contributed by atoms with Gasteiger partial charge in [0.15, 0.2) is 5.17 Å². The van der Waals surface area contributed by atoms with Gasteiger partial charge in [-0.1, -0.05) is 30.0 Å². The maximum Gasteiger partial charge on any atom is 0.180 e. The maximum atomic E-state index is 5.54. The van der Waals surface area contributed by atoms with Gasteiger partial charge < -0.3 is 10.5 Å². The Bertz CT molecular complexity index is 478. The van der Waals surface area contributed by atoms with Gasteiger partial charge in [-0.2, -0.15) is 5.10 Å². The molecule has 0 bridgehead atoms. The van der Waals surface area contributed by atoms with Crippen LogP contribution in [0.25, 0.3) is 6.08 Å². The monoisotopic (exact) mass is 277 g/mol. The molecule has 0 aliphatic rings. The molecule has 0 saturated carbocycles. The minimum atomic E-state index is 0.453. The number of thioether (sulfide) groups is 1. The molecule has 0 atom stereocenters. The molecule has 5 heteroatoms. The third-order valence-corrected chi connectivity index (χ3v) is 2.72. The summed E-state index contributed by atoms with van der Waals surface area (Å²) in [6.45, 7) is 4.52. The second-order valence-electron chi connectivity index (χ2n) is 3.72. The molecule has 0 aliphatic heterocycles. The van der Waals surface area contributed by atoms with Crippen molar-refractivity contribution in [2.45, 2.75) is 13.8 Å². The van der Waals surface area contributed by atoms with E-state index in [2.05, 4.69) is 10.2 Å². The lowest BCUT2D eigenvalue weighted by Gasteiger charge is -2.02. The zero-order valence-corrected chi connectivity index (χ0v) is 12.3. The van der Waals surface area contributed by atoms with Crippen molar-refractivity contribution < 1.29 is 4.74 Å². The first-order chi connectivity index (χ1) is 9.15. The van der Waals surface area contributed by atoms with Gasteiger partial charge in [-0.25, -0.2) is 0 Å². The van der Waals surface area contributed by atoms with E-state index in [1.165, 1.54) is 11.8 Å². The van der Waals surface area contributed by atoms with Gasteiger partial charge in [-0.3, -0.25) is 0 Å². The van der Waals surface area contributed by atoms with Gasteiger partial charge in [0.1, 0.15) is 5.75 Å². The van der Waals surface area contributed by atoms with E-state index in [0.29, 0.717) is 11.8 Å². The van der Waals surface area contributed by atoms with Gasteiger partial charge in [0.2, 0.25) is 0 Å². The fraction of sp³-hybridized carbons (Fsp3) is 0.286. The Labute approximate surface area is 118 Å². The van der Waals surface area contributed by atoms with E-state index in [-0.39, 0.29) is 0 Å². The second kappa shape index (κ2) is 8.37. The summed E-state index contributed by atoms with van der Waals surface area (Å²) >= 11 is 1.37. The van der Waals surface area contributed by atoms with Crippen LogP contribution < -0.4 is 10.5 Å². The fourth-order valence-corrected chi connectivity index (χ4v) is 1.38. The van der Waals surface area contributed by atoms with Crippen molar-refractivity contribution >= 4 is 28.7 Å². The number of hydrogen-bond acceptors (Lipinski definition) is 4. The summed E-state index contributed by atoms with van der Waals surface area (Å²) in [6.07, 6.45) is 5.73. The molecule has 2 N–H and O–H groups in total. The van der Waals surface area contributed by atoms with Crippen molar-refractivity contribution in [2.75, 3.05) is 12.9 Å². The summed E-state index contributed by atoms with van der Waals surface area (Å²) < 4.78 is 5.38. The highest BCUT2D eigenvalue weighted by molar-refractivity contribution is 8.13.